The van der Waals surface area contributed by atoms with Crippen LogP contribution in [0.15, 0.2) is 11.9 Å². The summed E-state index contributed by atoms with van der Waals surface area (Å²) < 4.78 is 0. The second kappa shape index (κ2) is 3.63. The molecule has 1 rings (SSSR count). The van der Waals surface area contributed by atoms with Gasteiger partial charge in [0.15, 0.2) is 0 Å². The Morgan fingerprint density at radius 1 is 1.38 bits per heavy atom. The number of rotatable bonds is 0. The van der Waals surface area contributed by atoms with Crippen LogP contribution in [-0.4, -0.2) is 0 Å². The van der Waals surface area contributed by atoms with E-state index in [4.69, 9.17) is 0 Å². The summed E-state index contributed by atoms with van der Waals surface area (Å²) in [7, 11) is 0.962. The molecule has 8 heavy (non-hydrogen) atoms. The Bertz CT molecular complexity index is 141. The quantitative estimate of drug-likeness (QED) is 0.542. The molecule has 1 unspecified atom stereocenters. The molecule has 1 heterocycles. The average molecular weight is 157 g/mol. The summed E-state index contributed by atoms with van der Waals surface area (Å²) in [6.07, 6.45) is 0. The van der Waals surface area contributed by atoms with Gasteiger partial charge in [0.2, 0.25) is 0 Å². The maximum Gasteiger partial charge on any atom is 0 e. The monoisotopic (exact) mass is 157 g/mol. The normalized spacial score (nSPS) is 9.25. The zero-order valence-corrected chi connectivity index (χ0v) is 8.04. The molecule has 0 fully saturated rings. The van der Waals surface area contributed by atoms with Gasteiger partial charge in [-0.05, 0) is 30.5 Å². The Balaban J connectivity index is 0.000000490. The van der Waals surface area contributed by atoms with E-state index in [2.05, 4.69) is 25.7 Å². The van der Waals surface area contributed by atoms with E-state index in [9.17, 15) is 0 Å². The molecule has 41 valence electrons. The number of aryl methyl sites for hydroxylation is 2. The average Bonchev–Trinajstić information content (AvgIpc) is 1.87. The molecule has 1 aromatic heterocycles. The Morgan fingerprint density at radius 3 is 2.12 bits per heavy atom. The van der Waals surface area contributed by atoms with Crippen molar-refractivity contribution in [3.8, 4) is 0 Å². The Kier molecular flexibility index (Phi) is 3.93. The van der Waals surface area contributed by atoms with Crippen LogP contribution >= 0.6 is 8.19 Å². The van der Waals surface area contributed by atoms with Crippen molar-refractivity contribution in [2.75, 3.05) is 0 Å². The van der Waals surface area contributed by atoms with Crippen molar-refractivity contribution in [1.29, 1.82) is 0 Å². The minimum atomic E-state index is 0. The van der Waals surface area contributed by atoms with Crippen LogP contribution in [0.3, 0.4) is 0 Å². The van der Waals surface area contributed by atoms with Crippen LogP contribution < -0.4 is 0 Å². The molecule has 0 amide bonds. The molecule has 0 spiro atoms. The predicted molar refractivity (Wildman–Crippen MR) is 35.4 cm³/mol. The first kappa shape index (κ1) is 8.65. The van der Waals surface area contributed by atoms with Crippen molar-refractivity contribution >= 4 is 8.19 Å². The topological polar surface area (TPSA) is 0 Å². The zero-order chi connectivity index (χ0) is 5.28. The van der Waals surface area contributed by atoms with E-state index >= 15 is 0 Å². The van der Waals surface area contributed by atoms with Gasteiger partial charge in [-0.25, -0.2) is 0 Å². The molecule has 0 N–H and O–H groups in total. The molecule has 0 aliphatic heterocycles. The van der Waals surface area contributed by atoms with Crippen LogP contribution in [0.5, 0.6) is 0 Å². The summed E-state index contributed by atoms with van der Waals surface area (Å²) in [4.78, 5) is 0. The SMILES string of the molecule is Cc1c[pH]c(C)c1.[Sc]. The summed E-state index contributed by atoms with van der Waals surface area (Å²) in [6, 6.07) is 2.23. The molecule has 1 radical (unpaired) electrons. The first-order valence-corrected chi connectivity index (χ1v) is 3.48. The molecular weight excluding hydrogens is 148 g/mol. The van der Waals surface area contributed by atoms with E-state index in [0.717, 1.165) is 8.19 Å². The van der Waals surface area contributed by atoms with E-state index in [0.29, 0.717) is 0 Å². The molecule has 0 nitrogen and oxygen atoms in total. The van der Waals surface area contributed by atoms with Crippen molar-refractivity contribution in [3.63, 3.8) is 0 Å². The third kappa shape index (κ3) is 2.28. The zero-order valence-electron chi connectivity index (χ0n) is 5.23. The Hall–Kier alpha value is 0.650. The summed E-state index contributed by atoms with van der Waals surface area (Å²) >= 11 is 0. The second-order valence-electron chi connectivity index (χ2n) is 1.86. The largest absolute Gasteiger partial charge is 0.137 e. The van der Waals surface area contributed by atoms with Crippen molar-refractivity contribution < 1.29 is 25.8 Å². The Labute approximate surface area is 70.6 Å². The van der Waals surface area contributed by atoms with Crippen LogP contribution in [0.4, 0.5) is 0 Å². The number of hydrogen-bond donors (Lipinski definition) is 0. The van der Waals surface area contributed by atoms with Crippen LogP contribution in [0.25, 0.3) is 0 Å². The summed E-state index contributed by atoms with van der Waals surface area (Å²) in [5.74, 6) is 2.27. The fraction of sp³-hybridized carbons (Fsp3) is 0.333. The summed E-state index contributed by atoms with van der Waals surface area (Å²) in [5, 5.41) is 1.51. The molecule has 0 saturated carbocycles. The van der Waals surface area contributed by atoms with Crippen molar-refractivity contribution in [3.05, 3.63) is 22.7 Å². The fourth-order valence-corrected chi connectivity index (χ4v) is 1.50. The van der Waals surface area contributed by atoms with Gasteiger partial charge in [-0.2, -0.15) is 0 Å². The van der Waals surface area contributed by atoms with Gasteiger partial charge in [0.25, 0.3) is 0 Å². The van der Waals surface area contributed by atoms with E-state index in [-0.39, 0.29) is 25.8 Å². The molecule has 1 aromatic rings. The van der Waals surface area contributed by atoms with Crippen molar-refractivity contribution in [2.45, 2.75) is 13.8 Å². The molecule has 0 saturated heterocycles. The van der Waals surface area contributed by atoms with E-state index in [1.807, 2.05) is 0 Å². The molecule has 0 aromatic carbocycles. The summed E-state index contributed by atoms with van der Waals surface area (Å²) in [6.45, 7) is 4.31. The second-order valence-corrected chi connectivity index (χ2v) is 3.23. The molecular formula is C6H9PSc. The molecule has 2 heteroatoms. The minimum Gasteiger partial charge on any atom is -0.137 e. The first-order valence-electron chi connectivity index (χ1n) is 2.40. The molecule has 0 aliphatic rings. The van der Waals surface area contributed by atoms with Gasteiger partial charge in [0.1, 0.15) is 0 Å². The van der Waals surface area contributed by atoms with Crippen LogP contribution in [0.1, 0.15) is 10.9 Å². The van der Waals surface area contributed by atoms with Crippen LogP contribution in [0, 0.1) is 13.8 Å². The molecule has 0 aliphatic carbocycles. The fourth-order valence-electron chi connectivity index (χ4n) is 0.653. The third-order valence-electron chi connectivity index (χ3n) is 0.972. The van der Waals surface area contributed by atoms with Crippen molar-refractivity contribution in [1.82, 2.24) is 0 Å². The van der Waals surface area contributed by atoms with Gasteiger partial charge < -0.3 is 0 Å². The Morgan fingerprint density at radius 2 is 2.00 bits per heavy atom. The van der Waals surface area contributed by atoms with Crippen molar-refractivity contribution in [2.24, 2.45) is 0 Å². The standard InChI is InChI=1S/C6H9P.Sc/c1-5-3-6(2)7-4-5;/h3-4,7H,1-2H3;. The number of hydrogen-bond acceptors (Lipinski definition) is 0. The predicted octanol–water partition coefficient (Wildman–Crippen LogP) is 2.33. The van der Waals surface area contributed by atoms with E-state index < -0.39 is 0 Å². The van der Waals surface area contributed by atoms with Gasteiger partial charge in [-0.3, -0.25) is 0 Å². The molecule has 0 bridgehead atoms. The van der Waals surface area contributed by atoms with Gasteiger partial charge in [-0.1, -0.05) is 6.07 Å². The summed E-state index contributed by atoms with van der Waals surface area (Å²) in [5.41, 5.74) is 1.43. The van der Waals surface area contributed by atoms with Crippen LogP contribution in [-0.2, 0) is 25.8 Å². The maximum absolute atomic E-state index is 2.27. The van der Waals surface area contributed by atoms with E-state index in [1.165, 1.54) is 10.9 Å². The van der Waals surface area contributed by atoms with Gasteiger partial charge >= 0.3 is 0 Å². The third-order valence-corrected chi connectivity index (χ3v) is 2.17. The maximum atomic E-state index is 2.27. The van der Waals surface area contributed by atoms with Gasteiger partial charge in [0, 0.05) is 25.8 Å². The minimum absolute atomic E-state index is 0. The van der Waals surface area contributed by atoms with E-state index in [1.54, 1.807) is 0 Å². The smallest absolute Gasteiger partial charge is 0 e. The van der Waals surface area contributed by atoms with Gasteiger partial charge in [-0.15, -0.1) is 8.19 Å². The first-order chi connectivity index (χ1) is 3.29. The van der Waals surface area contributed by atoms with Crippen LogP contribution in [0.2, 0.25) is 0 Å². The molecule has 1 atom stereocenters. The van der Waals surface area contributed by atoms with Gasteiger partial charge in [0.05, 0.1) is 0 Å².